The number of aromatic nitrogens is 1. The summed E-state index contributed by atoms with van der Waals surface area (Å²) < 4.78 is 10.3. The van der Waals surface area contributed by atoms with E-state index in [1.54, 1.807) is 42.3 Å². The van der Waals surface area contributed by atoms with Crippen molar-refractivity contribution in [2.75, 3.05) is 13.4 Å². The van der Waals surface area contributed by atoms with Crippen LogP contribution in [0.1, 0.15) is 27.0 Å². The maximum atomic E-state index is 11.9. The van der Waals surface area contributed by atoms with Gasteiger partial charge in [0.1, 0.15) is 17.4 Å². The molecular weight excluding hydrogens is 296 g/mol. The normalized spacial score (nSPS) is 10.7. The van der Waals surface area contributed by atoms with Gasteiger partial charge in [0, 0.05) is 18.2 Å². The highest BCUT2D eigenvalue weighted by Gasteiger charge is 2.11. The van der Waals surface area contributed by atoms with E-state index < -0.39 is 0 Å². The topological polar surface area (TPSA) is 64.4 Å². The number of thioether (sulfide) groups is 1. The fraction of sp³-hybridized carbons (Fsp3) is 0.385. The Balaban J connectivity index is 1.87. The molecule has 2 aromatic heterocycles. The van der Waals surface area contributed by atoms with E-state index in [1.807, 2.05) is 11.6 Å². The van der Waals surface area contributed by atoms with Crippen LogP contribution >= 0.6 is 23.1 Å². The number of furan rings is 1. The summed E-state index contributed by atoms with van der Waals surface area (Å²) in [5, 5.41) is 5.82. The third-order valence-corrected chi connectivity index (χ3v) is 4.11. The maximum absolute atomic E-state index is 11.9. The predicted molar refractivity (Wildman–Crippen MR) is 79.9 cm³/mol. The molecule has 1 amide bonds. The number of ether oxygens (including phenoxy) is 1. The molecule has 0 atom stereocenters. The van der Waals surface area contributed by atoms with Gasteiger partial charge < -0.3 is 14.5 Å². The van der Waals surface area contributed by atoms with Crippen molar-refractivity contribution in [1.29, 1.82) is 0 Å². The zero-order valence-corrected chi connectivity index (χ0v) is 13.0. The quantitative estimate of drug-likeness (QED) is 0.851. The van der Waals surface area contributed by atoms with Gasteiger partial charge in [0.25, 0.3) is 5.91 Å². The Kier molecular flexibility index (Phi) is 5.63. The first-order valence-corrected chi connectivity index (χ1v) is 8.28. The van der Waals surface area contributed by atoms with Crippen LogP contribution in [0, 0.1) is 0 Å². The highest BCUT2D eigenvalue weighted by Crippen LogP contribution is 2.15. The van der Waals surface area contributed by atoms with Crippen molar-refractivity contribution in [3.63, 3.8) is 0 Å². The Labute approximate surface area is 125 Å². The van der Waals surface area contributed by atoms with E-state index in [4.69, 9.17) is 9.15 Å². The van der Waals surface area contributed by atoms with Crippen molar-refractivity contribution < 1.29 is 13.9 Å². The summed E-state index contributed by atoms with van der Waals surface area (Å²) in [6.45, 7) is 0.765. The monoisotopic (exact) mass is 312 g/mol. The van der Waals surface area contributed by atoms with E-state index in [1.165, 1.54) is 0 Å². The van der Waals surface area contributed by atoms with Gasteiger partial charge in [-0.05, 0) is 18.4 Å². The lowest BCUT2D eigenvalue weighted by atomic mass is 10.4. The molecule has 0 aliphatic heterocycles. The molecule has 1 N–H and O–H groups in total. The molecule has 5 nitrogen and oxygen atoms in total. The van der Waals surface area contributed by atoms with Gasteiger partial charge >= 0.3 is 0 Å². The summed E-state index contributed by atoms with van der Waals surface area (Å²) in [5.41, 5.74) is 0.871. The minimum Gasteiger partial charge on any atom is -0.453 e. The Morgan fingerprint density at radius 2 is 2.40 bits per heavy atom. The number of amides is 1. The highest BCUT2D eigenvalue weighted by molar-refractivity contribution is 7.97. The second-order valence-corrected chi connectivity index (χ2v) is 5.86. The zero-order chi connectivity index (χ0) is 14.4. The fourth-order valence-electron chi connectivity index (χ4n) is 1.60. The number of nitrogens with zero attached hydrogens (tertiary/aromatic N) is 1. The molecule has 0 aliphatic carbocycles. The molecule has 2 aromatic rings. The SMILES string of the molecule is COCc1ccc(C(=O)NCc2csc(CSC)n2)o1. The van der Waals surface area contributed by atoms with E-state index in [0.717, 1.165) is 16.5 Å². The Hall–Kier alpha value is -1.31. The van der Waals surface area contributed by atoms with Crippen molar-refractivity contribution in [2.24, 2.45) is 0 Å². The molecule has 20 heavy (non-hydrogen) atoms. The van der Waals surface area contributed by atoms with Crippen LogP contribution in [0.4, 0.5) is 0 Å². The third kappa shape index (κ3) is 4.09. The van der Waals surface area contributed by atoms with Crippen molar-refractivity contribution in [2.45, 2.75) is 18.9 Å². The van der Waals surface area contributed by atoms with Crippen molar-refractivity contribution in [1.82, 2.24) is 10.3 Å². The predicted octanol–water partition coefficient (Wildman–Crippen LogP) is 2.68. The molecule has 0 aliphatic rings. The van der Waals surface area contributed by atoms with E-state index in [-0.39, 0.29) is 11.7 Å². The number of hydrogen-bond acceptors (Lipinski definition) is 6. The average Bonchev–Trinajstić information content (AvgIpc) is 3.06. The van der Waals surface area contributed by atoms with E-state index in [2.05, 4.69) is 10.3 Å². The van der Waals surface area contributed by atoms with Crippen LogP contribution in [0.15, 0.2) is 21.9 Å². The van der Waals surface area contributed by atoms with Crippen LogP contribution < -0.4 is 5.32 Å². The van der Waals surface area contributed by atoms with Gasteiger partial charge in [-0.2, -0.15) is 11.8 Å². The van der Waals surface area contributed by atoms with Gasteiger partial charge in [0.2, 0.25) is 0 Å². The first-order valence-electron chi connectivity index (χ1n) is 6.01. The van der Waals surface area contributed by atoms with Gasteiger partial charge in [0.05, 0.1) is 12.2 Å². The van der Waals surface area contributed by atoms with E-state index >= 15 is 0 Å². The molecule has 0 saturated carbocycles. The molecule has 0 unspecified atom stereocenters. The smallest absolute Gasteiger partial charge is 0.287 e. The molecule has 2 rings (SSSR count). The molecule has 0 aromatic carbocycles. The van der Waals surface area contributed by atoms with Gasteiger partial charge in [0.15, 0.2) is 5.76 Å². The summed E-state index contributed by atoms with van der Waals surface area (Å²) in [6.07, 6.45) is 2.04. The molecular formula is C13H16N2O3S2. The first-order chi connectivity index (χ1) is 9.72. The summed E-state index contributed by atoms with van der Waals surface area (Å²) in [7, 11) is 1.58. The lowest BCUT2D eigenvalue weighted by Gasteiger charge is -2.00. The molecule has 7 heteroatoms. The first kappa shape index (κ1) is 15.1. The van der Waals surface area contributed by atoms with Crippen molar-refractivity contribution >= 4 is 29.0 Å². The largest absolute Gasteiger partial charge is 0.453 e. The second kappa shape index (κ2) is 7.47. The average molecular weight is 312 g/mol. The molecule has 0 spiro atoms. The van der Waals surface area contributed by atoms with Gasteiger partial charge in [-0.15, -0.1) is 11.3 Å². The van der Waals surface area contributed by atoms with Crippen LogP contribution in [0.2, 0.25) is 0 Å². The molecule has 0 bridgehead atoms. The third-order valence-electron chi connectivity index (χ3n) is 2.47. The molecule has 0 radical (unpaired) electrons. The van der Waals surface area contributed by atoms with Crippen LogP contribution in [0.3, 0.4) is 0 Å². The molecule has 0 fully saturated rings. The van der Waals surface area contributed by atoms with Crippen LogP contribution in [0.25, 0.3) is 0 Å². The van der Waals surface area contributed by atoms with Crippen LogP contribution in [0.5, 0.6) is 0 Å². The second-order valence-electron chi connectivity index (χ2n) is 4.05. The summed E-state index contributed by atoms with van der Waals surface area (Å²) in [4.78, 5) is 16.3. The number of carbonyl (C=O) groups is 1. The highest BCUT2D eigenvalue weighted by atomic mass is 32.2. The number of rotatable bonds is 7. The number of carbonyl (C=O) groups excluding carboxylic acids is 1. The number of nitrogens with one attached hydrogen (secondary N) is 1. The molecule has 2 heterocycles. The number of thiazole rings is 1. The summed E-state index contributed by atoms with van der Waals surface area (Å²) in [5.74, 6) is 1.58. The Morgan fingerprint density at radius 1 is 1.55 bits per heavy atom. The summed E-state index contributed by atoms with van der Waals surface area (Å²) in [6, 6.07) is 3.38. The fourth-order valence-corrected chi connectivity index (χ4v) is 3.11. The van der Waals surface area contributed by atoms with Gasteiger partial charge in [-0.3, -0.25) is 4.79 Å². The Morgan fingerprint density at radius 3 is 3.15 bits per heavy atom. The van der Waals surface area contributed by atoms with Crippen molar-refractivity contribution in [3.8, 4) is 0 Å². The molecule has 0 saturated heterocycles. The molecule has 108 valence electrons. The lowest BCUT2D eigenvalue weighted by Crippen LogP contribution is -2.22. The minimum absolute atomic E-state index is 0.244. The minimum atomic E-state index is -0.244. The lowest BCUT2D eigenvalue weighted by molar-refractivity contribution is 0.0914. The van der Waals surface area contributed by atoms with Crippen LogP contribution in [-0.4, -0.2) is 24.3 Å². The van der Waals surface area contributed by atoms with E-state index in [0.29, 0.717) is 18.9 Å². The van der Waals surface area contributed by atoms with Crippen LogP contribution in [-0.2, 0) is 23.6 Å². The number of methoxy groups -OCH3 is 1. The van der Waals surface area contributed by atoms with E-state index in [9.17, 15) is 4.79 Å². The van der Waals surface area contributed by atoms with Gasteiger partial charge in [-0.1, -0.05) is 0 Å². The van der Waals surface area contributed by atoms with Crippen molar-refractivity contribution in [3.05, 3.63) is 39.7 Å². The Bertz CT molecular complexity index is 565. The summed E-state index contributed by atoms with van der Waals surface area (Å²) >= 11 is 3.34. The maximum Gasteiger partial charge on any atom is 0.287 e. The van der Waals surface area contributed by atoms with Gasteiger partial charge in [-0.25, -0.2) is 4.98 Å². The standard InChI is InChI=1S/C13H16N2O3S2/c1-17-6-10-3-4-11(18-10)13(16)14-5-9-7-20-12(15-9)8-19-2/h3-4,7H,5-6,8H2,1-2H3,(H,14,16). The zero-order valence-electron chi connectivity index (χ0n) is 11.3. The number of hydrogen-bond donors (Lipinski definition) is 1.